The van der Waals surface area contributed by atoms with E-state index < -0.39 is 0 Å². The number of carbonyl (C=O) groups is 1. The first kappa shape index (κ1) is 18.5. The molecule has 0 saturated carbocycles. The van der Waals surface area contributed by atoms with Crippen LogP contribution in [-0.4, -0.2) is 57.9 Å². The molecule has 1 aromatic heterocycles. The third-order valence-electron chi connectivity index (χ3n) is 4.59. The van der Waals surface area contributed by atoms with Crippen molar-refractivity contribution < 1.29 is 9.53 Å². The lowest BCUT2D eigenvalue weighted by Gasteiger charge is -2.32. The average molecular weight is 357 g/mol. The van der Waals surface area contributed by atoms with E-state index in [0.717, 1.165) is 32.0 Å². The summed E-state index contributed by atoms with van der Waals surface area (Å²) in [6.45, 7) is 6.71. The molecule has 140 valence electrons. The van der Waals surface area contributed by atoms with Crippen molar-refractivity contribution in [1.82, 2.24) is 25.0 Å². The molecule has 1 aliphatic rings. The van der Waals surface area contributed by atoms with Crippen LogP contribution in [0.1, 0.15) is 24.7 Å². The number of aryl methyl sites for hydroxylation is 1. The molecule has 0 bridgehead atoms. The van der Waals surface area contributed by atoms with Gasteiger partial charge in [-0.15, -0.1) is 10.2 Å². The molecule has 26 heavy (non-hydrogen) atoms. The van der Waals surface area contributed by atoms with Crippen LogP contribution in [-0.2, 0) is 29.0 Å². The van der Waals surface area contributed by atoms with Crippen LogP contribution < -0.4 is 5.32 Å². The summed E-state index contributed by atoms with van der Waals surface area (Å²) in [5, 5.41) is 10.9. The number of ether oxygens (including phenoxy) is 1. The van der Waals surface area contributed by atoms with Crippen molar-refractivity contribution in [3.63, 3.8) is 0 Å². The molecule has 7 heteroatoms. The van der Waals surface area contributed by atoms with Gasteiger partial charge in [0.05, 0.1) is 19.1 Å². The summed E-state index contributed by atoms with van der Waals surface area (Å²) in [6, 6.07) is 10.4. The Morgan fingerprint density at radius 3 is 3.00 bits per heavy atom. The summed E-state index contributed by atoms with van der Waals surface area (Å²) in [5.41, 5.74) is 1.29. The normalized spacial score (nSPS) is 18.0. The van der Waals surface area contributed by atoms with Gasteiger partial charge in [-0.1, -0.05) is 30.3 Å². The molecule has 1 amide bonds. The van der Waals surface area contributed by atoms with Crippen molar-refractivity contribution in [3.05, 3.63) is 48.0 Å². The fourth-order valence-corrected chi connectivity index (χ4v) is 3.22. The van der Waals surface area contributed by atoms with E-state index in [1.54, 1.807) is 6.33 Å². The van der Waals surface area contributed by atoms with Gasteiger partial charge in [0.2, 0.25) is 5.91 Å². The van der Waals surface area contributed by atoms with Crippen LogP contribution in [0.2, 0.25) is 0 Å². The third-order valence-corrected chi connectivity index (χ3v) is 4.59. The molecule has 0 aliphatic carbocycles. The molecule has 2 heterocycles. The fourth-order valence-electron chi connectivity index (χ4n) is 3.22. The largest absolute Gasteiger partial charge is 0.375 e. The monoisotopic (exact) mass is 357 g/mol. The quantitative estimate of drug-likeness (QED) is 0.770. The molecule has 1 atom stereocenters. The average Bonchev–Trinajstić information content (AvgIpc) is 3.10. The summed E-state index contributed by atoms with van der Waals surface area (Å²) in [4.78, 5) is 14.6. The van der Waals surface area contributed by atoms with E-state index in [-0.39, 0.29) is 12.0 Å². The lowest BCUT2D eigenvalue weighted by atomic mass is 10.1. The number of amides is 1. The zero-order chi connectivity index (χ0) is 18.2. The van der Waals surface area contributed by atoms with Crippen molar-refractivity contribution in [2.24, 2.45) is 0 Å². The molecule has 0 radical (unpaired) electrons. The Labute approximate surface area is 154 Å². The van der Waals surface area contributed by atoms with Crippen molar-refractivity contribution in [2.45, 2.75) is 39.0 Å². The Morgan fingerprint density at radius 1 is 1.35 bits per heavy atom. The zero-order valence-electron chi connectivity index (χ0n) is 15.3. The first-order valence-electron chi connectivity index (χ1n) is 9.26. The first-order valence-corrected chi connectivity index (χ1v) is 9.26. The maximum atomic E-state index is 12.2. The highest BCUT2D eigenvalue weighted by Crippen LogP contribution is 2.12. The predicted molar refractivity (Wildman–Crippen MR) is 98.5 cm³/mol. The Morgan fingerprint density at radius 2 is 2.19 bits per heavy atom. The smallest absolute Gasteiger partial charge is 0.222 e. The molecule has 1 N–H and O–H groups in total. The highest BCUT2D eigenvalue weighted by molar-refractivity contribution is 5.76. The summed E-state index contributed by atoms with van der Waals surface area (Å²) in [5.74, 6) is 0.926. The number of hydrogen-bond acceptors (Lipinski definition) is 5. The molecular weight excluding hydrogens is 330 g/mol. The van der Waals surface area contributed by atoms with Crippen LogP contribution in [0, 0.1) is 0 Å². The van der Waals surface area contributed by atoms with Crippen LogP contribution in [0.5, 0.6) is 0 Å². The van der Waals surface area contributed by atoms with Gasteiger partial charge in [-0.05, 0) is 12.5 Å². The number of nitrogens with one attached hydrogen (secondary N) is 1. The Kier molecular flexibility index (Phi) is 6.74. The second-order valence-corrected chi connectivity index (χ2v) is 6.55. The van der Waals surface area contributed by atoms with Gasteiger partial charge in [-0.25, -0.2) is 0 Å². The van der Waals surface area contributed by atoms with E-state index in [9.17, 15) is 4.79 Å². The van der Waals surface area contributed by atoms with E-state index in [1.165, 1.54) is 5.56 Å². The third kappa shape index (κ3) is 5.37. The maximum Gasteiger partial charge on any atom is 0.222 e. The van der Waals surface area contributed by atoms with Crippen LogP contribution in [0.3, 0.4) is 0 Å². The summed E-state index contributed by atoms with van der Waals surface area (Å²) in [6.07, 6.45) is 2.75. The highest BCUT2D eigenvalue weighted by atomic mass is 16.5. The second kappa shape index (κ2) is 9.45. The zero-order valence-corrected chi connectivity index (χ0v) is 15.3. The van der Waals surface area contributed by atoms with Gasteiger partial charge in [-0.3, -0.25) is 9.69 Å². The van der Waals surface area contributed by atoms with Gasteiger partial charge >= 0.3 is 0 Å². The minimum atomic E-state index is -0.0493. The number of morpholine rings is 1. The molecule has 3 rings (SSSR count). The lowest BCUT2D eigenvalue weighted by Crippen LogP contribution is -2.44. The summed E-state index contributed by atoms with van der Waals surface area (Å²) in [7, 11) is 0. The van der Waals surface area contributed by atoms with Gasteiger partial charge in [0, 0.05) is 39.1 Å². The van der Waals surface area contributed by atoms with E-state index in [1.807, 2.05) is 17.6 Å². The highest BCUT2D eigenvalue weighted by Gasteiger charge is 2.22. The van der Waals surface area contributed by atoms with Crippen molar-refractivity contribution >= 4 is 5.91 Å². The van der Waals surface area contributed by atoms with Gasteiger partial charge in [-0.2, -0.15) is 0 Å². The molecule has 2 aromatic rings. The number of hydrogen-bond donors (Lipinski definition) is 1. The van der Waals surface area contributed by atoms with E-state index in [2.05, 4.69) is 44.7 Å². The number of carbonyl (C=O) groups excluding carboxylic acids is 1. The Hall–Kier alpha value is -2.25. The number of nitrogens with zero attached hydrogens (tertiary/aromatic N) is 4. The van der Waals surface area contributed by atoms with E-state index in [4.69, 9.17) is 4.74 Å². The van der Waals surface area contributed by atoms with Crippen LogP contribution in [0.4, 0.5) is 0 Å². The standard InChI is InChI=1S/C19H27N5O2/c1-2-24-15-21-22-18(24)8-9-20-19(25)12-17-14-23(10-11-26-17)13-16-6-4-3-5-7-16/h3-7,15,17H,2,8-14H2,1H3,(H,20,25). The van der Waals surface area contributed by atoms with Gasteiger partial charge in [0.1, 0.15) is 12.2 Å². The Bertz CT molecular complexity index is 688. The molecule has 1 saturated heterocycles. The SMILES string of the molecule is CCn1cnnc1CCNC(=O)CC1CN(Cc2ccccc2)CCO1. The minimum absolute atomic E-state index is 0.0270. The predicted octanol–water partition coefficient (Wildman–Crippen LogP) is 1.25. The van der Waals surface area contributed by atoms with E-state index >= 15 is 0 Å². The second-order valence-electron chi connectivity index (χ2n) is 6.55. The van der Waals surface area contributed by atoms with Gasteiger partial charge in [0.15, 0.2) is 0 Å². The summed E-state index contributed by atoms with van der Waals surface area (Å²) < 4.78 is 7.76. The molecule has 1 fully saturated rings. The number of benzene rings is 1. The first-order chi connectivity index (χ1) is 12.7. The van der Waals surface area contributed by atoms with Crippen molar-refractivity contribution in [2.75, 3.05) is 26.2 Å². The van der Waals surface area contributed by atoms with Crippen LogP contribution >= 0.6 is 0 Å². The lowest BCUT2D eigenvalue weighted by molar-refractivity contribution is -0.126. The molecular formula is C19H27N5O2. The topological polar surface area (TPSA) is 72.3 Å². The van der Waals surface area contributed by atoms with Crippen molar-refractivity contribution in [3.8, 4) is 0 Å². The Balaban J connectivity index is 1.39. The van der Waals surface area contributed by atoms with E-state index in [0.29, 0.717) is 26.0 Å². The molecule has 1 unspecified atom stereocenters. The summed E-state index contributed by atoms with van der Waals surface area (Å²) >= 11 is 0. The number of aromatic nitrogens is 3. The molecule has 0 spiro atoms. The number of rotatable bonds is 8. The molecule has 7 nitrogen and oxygen atoms in total. The van der Waals surface area contributed by atoms with Crippen LogP contribution in [0.15, 0.2) is 36.7 Å². The van der Waals surface area contributed by atoms with Gasteiger partial charge < -0.3 is 14.6 Å². The molecule has 1 aromatic carbocycles. The van der Waals surface area contributed by atoms with Gasteiger partial charge in [0.25, 0.3) is 0 Å². The fraction of sp³-hybridized carbons (Fsp3) is 0.526. The minimum Gasteiger partial charge on any atom is -0.375 e. The maximum absolute atomic E-state index is 12.2. The van der Waals surface area contributed by atoms with Crippen molar-refractivity contribution in [1.29, 1.82) is 0 Å². The van der Waals surface area contributed by atoms with Crippen LogP contribution in [0.25, 0.3) is 0 Å². The molecule has 1 aliphatic heterocycles.